The molecule has 2 N–H and O–H groups in total. The van der Waals surface area contributed by atoms with Crippen molar-refractivity contribution < 1.29 is 14.6 Å². The van der Waals surface area contributed by atoms with Crippen molar-refractivity contribution in [1.82, 2.24) is 0 Å². The van der Waals surface area contributed by atoms with Gasteiger partial charge in [-0.15, -0.1) is 0 Å². The molecule has 0 spiro atoms. The first-order chi connectivity index (χ1) is 10.1. The van der Waals surface area contributed by atoms with Gasteiger partial charge in [0, 0.05) is 11.8 Å². The molecule has 2 rings (SSSR count). The fourth-order valence-corrected chi connectivity index (χ4v) is 1.90. The van der Waals surface area contributed by atoms with E-state index < -0.39 is 5.97 Å². The molecule has 0 radical (unpaired) electrons. The number of hydrogen-bond acceptors (Lipinski definition) is 3. The first kappa shape index (κ1) is 14.9. The van der Waals surface area contributed by atoms with Crippen LogP contribution in [0.2, 0.25) is 0 Å². The summed E-state index contributed by atoms with van der Waals surface area (Å²) in [6.45, 7) is 4.08. The van der Waals surface area contributed by atoms with Gasteiger partial charge in [0.1, 0.15) is 5.75 Å². The molecule has 0 aliphatic carbocycles. The molecule has 4 heteroatoms. The molecule has 0 fully saturated rings. The fraction of sp³-hybridized carbons (Fsp3) is 0.235. The number of carbonyl (C=O) groups is 1. The molecule has 4 nitrogen and oxygen atoms in total. The van der Waals surface area contributed by atoms with Crippen LogP contribution < -0.4 is 10.1 Å². The van der Waals surface area contributed by atoms with E-state index >= 15 is 0 Å². The Labute approximate surface area is 124 Å². The van der Waals surface area contributed by atoms with Crippen LogP contribution in [0.25, 0.3) is 0 Å². The third-order valence-electron chi connectivity index (χ3n) is 3.18. The third-order valence-corrected chi connectivity index (χ3v) is 3.18. The molecule has 0 aliphatic heterocycles. The number of benzene rings is 2. The number of nitrogens with one attached hydrogen (secondary N) is 1. The van der Waals surface area contributed by atoms with E-state index in [1.165, 1.54) is 0 Å². The van der Waals surface area contributed by atoms with Gasteiger partial charge >= 0.3 is 5.97 Å². The zero-order valence-electron chi connectivity index (χ0n) is 12.2. The molecule has 0 saturated heterocycles. The summed E-state index contributed by atoms with van der Waals surface area (Å²) in [4.78, 5) is 11.2. The predicted octanol–water partition coefficient (Wildman–Crippen LogP) is 4.31. The smallest absolute Gasteiger partial charge is 0.337 e. The van der Waals surface area contributed by atoms with E-state index in [1.54, 1.807) is 24.3 Å². The number of hydrogen-bond donors (Lipinski definition) is 2. The Morgan fingerprint density at radius 2 is 2.00 bits per heavy atom. The molecule has 0 saturated carbocycles. The summed E-state index contributed by atoms with van der Waals surface area (Å²) in [7, 11) is 0. The monoisotopic (exact) mass is 285 g/mol. The highest BCUT2D eigenvalue weighted by molar-refractivity contribution is 5.95. The lowest BCUT2D eigenvalue weighted by Crippen LogP contribution is -2.09. The molecule has 0 amide bonds. The Morgan fingerprint density at radius 1 is 1.24 bits per heavy atom. The van der Waals surface area contributed by atoms with Crippen molar-refractivity contribution in [3.05, 3.63) is 54.1 Å². The molecule has 0 aliphatic rings. The molecule has 0 heterocycles. The van der Waals surface area contributed by atoms with Crippen molar-refractivity contribution in [2.24, 2.45) is 0 Å². The van der Waals surface area contributed by atoms with Gasteiger partial charge in [-0.1, -0.05) is 25.1 Å². The second kappa shape index (κ2) is 6.79. The lowest BCUT2D eigenvalue weighted by atomic mass is 10.1. The van der Waals surface area contributed by atoms with Gasteiger partial charge in [0.25, 0.3) is 0 Å². The standard InChI is InChI=1S/C17H19NO3/c1-3-12(2)21-14-8-6-7-13(11-14)18-16-10-5-4-9-15(16)17(19)20/h4-12,18H,3H2,1-2H3,(H,19,20). The predicted molar refractivity (Wildman–Crippen MR) is 83.5 cm³/mol. The van der Waals surface area contributed by atoms with Crippen molar-refractivity contribution >= 4 is 17.3 Å². The van der Waals surface area contributed by atoms with Crippen LogP contribution in [0.3, 0.4) is 0 Å². The van der Waals surface area contributed by atoms with Crippen molar-refractivity contribution in [2.45, 2.75) is 26.4 Å². The summed E-state index contributed by atoms with van der Waals surface area (Å²) < 4.78 is 5.76. The van der Waals surface area contributed by atoms with Gasteiger partial charge in [-0.2, -0.15) is 0 Å². The topological polar surface area (TPSA) is 58.6 Å². The molecule has 0 bridgehead atoms. The summed E-state index contributed by atoms with van der Waals surface area (Å²) in [5, 5.41) is 12.3. The van der Waals surface area contributed by atoms with E-state index in [1.807, 2.05) is 31.2 Å². The minimum atomic E-state index is -0.954. The van der Waals surface area contributed by atoms with E-state index in [-0.39, 0.29) is 11.7 Å². The SMILES string of the molecule is CCC(C)Oc1cccc(Nc2ccccc2C(=O)O)c1. The lowest BCUT2D eigenvalue weighted by molar-refractivity contribution is 0.0698. The van der Waals surface area contributed by atoms with E-state index in [2.05, 4.69) is 12.2 Å². The van der Waals surface area contributed by atoms with Crippen LogP contribution in [0.5, 0.6) is 5.75 Å². The molecule has 2 aromatic rings. The highest BCUT2D eigenvalue weighted by Gasteiger charge is 2.09. The number of aromatic carboxylic acids is 1. The van der Waals surface area contributed by atoms with Gasteiger partial charge in [-0.25, -0.2) is 4.79 Å². The van der Waals surface area contributed by atoms with Gasteiger partial charge in [0.2, 0.25) is 0 Å². The zero-order valence-corrected chi connectivity index (χ0v) is 12.2. The van der Waals surface area contributed by atoms with Crippen LogP contribution in [-0.2, 0) is 0 Å². The Bertz CT molecular complexity index is 625. The average Bonchev–Trinajstić information content (AvgIpc) is 2.48. The number of para-hydroxylation sites is 1. The molecule has 110 valence electrons. The zero-order chi connectivity index (χ0) is 15.2. The van der Waals surface area contributed by atoms with E-state index in [9.17, 15) is 9.90 Å². The van der Waals surface area contributed by atoms with Crippen LogP contribution in [0, 0.1) is 0 Å². The summed E-state index contributed by atoms with van der Waals surface area (Å²) in [5.74, 6) is -0.188. The van der Waals surface area contributed by atoms with Gasteiger partial charge < -0.3 is 15.2 Å². The van der Waals surface area contributed by atoms with E-state index in [0.29, 0.717) is 5.69 Å². The first-order valence-corrected chi connectivity index (χ1v) is 6.96. The number of carboxylic acid groups (broad SMARTS) is 1. The maximum Gasteiger partial charge on any atom is 0.337 e. The number of rotatable bonds is 6. The molecule has 0 aromatic heterocycles. The minimum absolute atomic E-state index is 0.145. The van der Waals surface area contributed by atoms with Crippen LogP contribution in [0.4, 0.5) is 11.4 Å². The Hall–Kier alpha value is -2.49. The van der Waals surface area contributed by atoms with Gasteiger partial charge in [0.15, 0.2) is 0 Å². The van der Waals surface area contributed by atoms with Crippen molar-refractivity contribution in [1.29, 1.82) is 0 Å². The molecule has 2 aromatic carbocycles. The van der Waals surface area contributed by atoms with Crippen LogP contribution in [0.15, 0.2) is 48.5 Å². The minimum Gasteiger partial charge on any atom is -0.491 e. The maximum absolute atomic E-state index is 11.2. The molecular formula is C17H19NO3. The lowest BCUT2D eigenvalue weighted by Gasteiger charge is -2.14. The summed E-state index contributed by atoms with van der Waals surface area (Å²) >= 11 is 0. The summed E-state index contributed by atoms with van der Waals surface area (Å²) in [6.07, 6.45) is 1.08. The number of ether oxygens (including phenoxy) is 1. The summed E-state index contributed by atoms with van der Waals surface area (Å²) in [6, 6.07) is 14.3. The van der Waals surface area contributed by atoms with E-state index in [4.69, 9.17) is 4.74 Å². The van der Waals surface area contributed by atoms with Crippen LogP contribution in [-0.4, -0.2) is 17.2 Å². The maximum atomic E-state index is 11.2. The van der Waals surface area contributed by atoms with Crippen molar-refractivity contribution in [3.8, 4) is 5.75 Å². The Morgan fingerprint density at radius 3 is 2.71 bits per heavy atom. The average molecular weight is 285 g/mol. The van der Waals surface area contributed by atoms with Crippen LogP contribution in [0.1, 0.15) is 30.6 Å². The third kappa shape index (κ3) is 3.99. The quantitative estimate of drug-likeness (QED) is 0.830. The van der Waals surface area contributed by atoms with Gasteiger partial charge in [0.05, 0.1) is 17.4 Å². The summed E-state index contributed by atoms with van der Waals surface area (Å²) in [5.41, 5.74) is 1.60. The first-order valence-electron chi connectivity index (χ1n) is 6.96. The highest BCUT2D eigenvalue weighted by atomic mass is 16.5. The highest BCUT2D eigenvalue weighted by Crippen LogP contribution is 2.24. The van der Waals surface area contributed by atoms with Gasteiger partial charge in [-0.05, 0) is 37.6 Å². The second-order valence-corrected chi connectivity index (χ2v) is 4.84. The normalized spacial score (nSPS) is 11.7. The van der Waals surface area contributed by atoms with Crippen LogP contribution >= 0.6 is 0 Å². The fourth-order valence-electron chi connectivity index (χ4n) is 1.90. The number of anilines is 2. The Balaban J connectivity index is 2.20. The van der Waals surface area contributed by atoms with Crippen molar-refractivity contribution in [2.75, 3.05) is 5.32 Å². The molecular weight excluding hydrogens is 266 g/mol. The largest absolute Gasteiger partial charge is 0.491 e. The Kier molecular flexibility index (Phi) is 4.82. The number of carboxylic acids is 1. The molecule has 1 atom stereocenters. The van der Waals surface area contributed by atoms with Crippen molar-refractivity contribution in [3.63, 3.8) is 0 Å². The molecule has 1 unspecified atom stereocenters. The second-order valence-electron chi connectivity index (χ2n) is 4.84. The van der Waals surface area contributed by atoms with E-state index in [0.717, 1.165) is 17.9 Å². The van der Waals surface area contributed by atoms with Gasteiger partial charge in [-0.3, -0.25) is 0 Å². The molecule has 21 heavy (non-hydrogen) atoms.